The minimum atomic E-state index is 0.0405. The van der Waals surface area contributed by atoms with Crippen LogP contribution in [-0.2, 0) is 17.8 Å². The van der Waals surface area contributed by atoms with Crippen LogP contribution in [0.5, 0.6) is 0 Å². The number of amides is 1. The first kappa shape index (κ1) is 17.7. The second-order valence-corrected chi connectivity index (χ2v) is 7.30. The Morgan fingerprint density at radius 1 is 1.11 bits per heavy atom. The van der Waals surface area contributed by atoms with Crippen LogP contribution >= 0.6 is 0 Å². The molecule has 5 nitrogen and oxygen atoms in total. The van der Waals surface area contributed by atoms with Gasteiger partial charge < -0.3 is 10.2 Å². The topological polar surface area (TPSA) is 50.2 Å². The lowest BCUT2D eigenvalue weighted by atomic mass is 10.0. The smallest absolute Gasteiger partial charge is 0.242 e. The van der Waals surface area contributed by atoms with E-state index in [0.717, 1.165) is 49.8 Å². The zero-order chi connectivity index (χ0) is 18.5. The molecule has 140 valence electrons. The summed E-state index contributed by atoms with van der Waals surface area (Å²) >= 11 is 0. The van der Waals surface area contributed by atoms with E-state index in [2.05, 4.69) is 45.6 Å². The second kappa shape index (κ2) is 8.35. The molecule has 1 aromatic heterocycles. The number of hydrogen-bond acceptors (Lipinski definition) is 3. The number of likely N-dealkylation sites (tertiary alicyclic amines) is 1. The van der Waals surface area contributed by atoms with Gasteiger partial charge in [0.05, 0.1) is 11.7 Å². The third kappa shape index (κ3) is 4.55. The molecule has 1 saturated heterocycles. The van der Waals surface area contributed by atoms with Gasteiger partial charge in [0.2, 0.25) is 5.91 Å². The van der Waals surface area contributed by atoms with E-state index in [4.69, 9.17) is 0 Å². The number of carbonyl (C=O) groups excluding carboxylic acids is 1. The van der Waals surface area contributed by atoms with Crippen molar-refractivity contribution in [1.82, 2.24) is 20.0 Å². The third-order valence-electron chi connectivity index (χ3n) is 5.27. The number of rotatable bonds is 6. The number of para-hydroxylation sites is 1. The lowest BCUT2D eigenvalue weighted by Crippen LogP contribution is -2.48. The SMILES string of the molecule is O=C(Cn1ncc2ccccc21)N[C@@H]1CCCN(CCc2ccccc2)C1. The van der Waals surface area contributed by atoms with Crippen molar-refractivity contribution in [2.24, 2.45) is 0 Å². The number of nitrogens with one attached hydrogen (secondary N) is 1. The predicted molar refractivity (Wildman–Crippen MR) is 107 cm³/mol. The molecular weight excluding hydrogens is 336 g/mol. The molecular formula is C22H26N4O. The number of fused-ring (bicyclic) bond motifs is 1. The van der Waals surface area contributed by atoms with Gasteiger partial charge in [-0.3, -0.25) is 9.48 Å². The van der Waals surface area contributed by atoms with E-state index < -0.39 is 0 Å². The predicted octanol–water partition coefficient (Wildman–Crippen LogP) is 2.86. The fourth-order valence-electron chi connectivity index (χ4n) is 3.87. The van der Waals surface area contributed by atoms with Crippen LogP contribution in [-0.4, -0.2) is 46.3 Å². The van der Waals surface area contributed by atoms with Crippen LogP contribution in [0, 0.1) is 0 Å². The maximum absolute atomic E-state index is 12.5. The molecule has 2 aromatic carbocycles. The van der Waals surface area contributed by atoms with E-state index in [9.17, 15) is 4.79 Å². The molecule has 1 aliphatic rings. The first-order chi connectivity index (χ1) is 13.3. The number of piperidine rings is 1. The van der Waals surface area contributed by atoms with Crippen LogP contribution in [0.25, 0.3) is 10.9 Å². The van der Waals surface area contributed by atoms with Gasteiger partial charge in [0.25, 0.3) is 0 Å². The van der Waals surface area contributed by atoms with E-state index in [-0.39, 0.29) is 18.5 Å². The molecule has 0 saturated carbocycles. The molecule has 4 rings (SSSR count). The molecule has 1 N–H and O–H groups in total. The molecule has 3 aromatic rings. The van der Waals surface area contributed by atoms with Crippen molar-refractivity contribution in [3.05, 3.63) is 66.4 Å². The van der Waals surface area contributed by atoms with Crippen LogP contribution in [0.4, 0.5) is 0 Å². The molecule has 0 aliphatic carbocycles. The molecule has 1 atom stereocenters. The highest BCUT2D eigenvalue weighted by atomic mass is 16.2. The maximum atomic E-state index is 12.5. The van der Waals surface area contributed by atoms with E-state index in [1.54, 1.807) is 4.68 Å². The zero-order valence-electron chi connectivity index (χ0n) is 15.6. The Hall–Kier alpha value is -2.66. The fourth-order valence-corrected chi connectivity index (χ4v) is 3.87. The number of hydrogen-bond donors (Lipinski definition) is 1. The van der Waals surface area contributed by atoms with Gasteiger partial charge in [-0.15, -0.1) is 0 Å². The van der Waals surface area contributed by atoms with Crippen molar-refractivity contribution in [1.29, 1.82) is 0 Å². The fraction of sp³-hybridized carbons (Fsp3) is 0.364. The van der Waals surface area contributed by atoms with Gasteiger partial charge in [-0.1, -0.05) is 48.5 Å². The van der Waals surface area contributed by atoms with Crippen molar-refractivity contribution >= 4 is 16.8 Å². The van der Waals surface area contributed by atoms with Crippen LogP contribution in [0.15, 0.2) is 60.8 Å². The molecule has 2 heterocycles. The zero-order valence-corrected chi connectivity index (χ0v) is 15.6. The number of aromatic nitrogens is 2. The van der Waals surface area contributed by atoms with Crippen molar-refractivity contribution in [3.8, 4) is 0 Å². The van der Waals surface area contributed by atoms with Crippen molar-refractivity contribution in [2.45, 2.75) is 31.8 Å². The largest absolute Gasteiger partial charge is 0.350 e. The standard InChI is InChI=1S/C22H26N4O/c27-22(17-26-21-11-5-4-9-19(21)15-23-26)24-20-10-6-13-25(16-20)14-12-18-7-2-1-3-8-18/h1-5,7-9,11,15,20H,6,10,12-14,16-17H2,(H,24,27)/t20-/m1/s1. The number of carbonyl (C=O) groups is 1. The van der Waals surface area contributed by atoms with Gasteiger partial charge in [-0.25, -0.2) is 0 Å². The van der Waals surface area contributed by atoms with Crippen molar-refractivity contribution < 1.29 is 4.79 Å². The van der Waals surface area contributed by atoms with Gasteiger partial charge in [-0.2, -0.15) is 5.10 Å². The normalized spacial score (nSPS) is 17.9. The van der Waals surface area contributed by atoms with Crippen molar-refractivity contribution in [3.63, 3.8) is 0 Å². The molecule has 1 fully saturated rings. The Kier molecular flexibility index (Phi) is 5.49. The minimum Gasteiger partial charge on any atom is -0.350 e. The Balaban J connectivity index is 1.29. The molecule has 27 heavy (non-hydrogen) atoms. The monoisotopic (exact) mass is 362 g/mol. The van der Waals surface area contributed by atoms with Gasteiger partial charge in [0.1, 0.15) is 6.54 Å². The van der Waals surface area contributed by atoms with Crippen LogP contribution in [0.3, 0.4) is 0 Å². The summed E-state index contributed by atoms with van der Waals surface area (Å²) < 4.78 is 1.78. The average Bonchev–Trinajstić information content (AvgIpc) is 3.10. The van der Waals surface area contributed by atoms with Gasteiger partial charge in [-0.05, 0) is 37.4 Å². The van der Waals surface area contributed by atoms with Gasteiger partial charge in [0.15, 0.2) is 0 Å². The summed E-state index contributed by atoms with van der Waals surface area (Å²) in [6.45, 7) is 3.36. The summed E-state index contributed by atoms with van der Waals surface area (Å²) in [5, 5.41) is 8.63. The Morgan fingerprint density at radius 3 is 2.81 bits per heavy atom. The lowest BCUT2D eigenvalue weighted by molar-refractivity contribution is -0.122. The van der Waals surface area contributed by atoms with Gasteiger partial charge in [0, 0.05) is 24.5 Å². The second-order valence-electron chi connectivity index (χ2n) is 7.30. The van der Waals surface area contributed by atoms with Crippen LogP contribution in [0.2, 0.25) is 0 Å². The minimum absolute atomic E-state index is 0.0405. The number of nitrogens with zero attached hydrogens (tertiary/aromatic N) is 3. The molecule has 0 spiro atoms. The Morgan fingerprint density at radius 2 is 1.93 bits per heavy atom. The molecule has 0 radical (unpaired) electrons. The first-order valence-corrected chi connectivity index (χ1v) is 9.74. The lowest BCUT2D eigenvalue weighted by Gasteiger charge is -2.33. The number of benzene rings is 2. The van der Waals surface area contributed by atoms with Crippen molar-refractivity contribution in [2.75, 3.05) is 19.6 Å². The van der Waals surface area contributed by atoms with E-state index >= 15 is 0 Å². The molecule has 5 heteroatoms. The summed E-state index contributed by atoms with van der Waals surface area (Å²) in [5.74, 6) is 0.0405. The maximum Gasteiger partial charge on any atom is 0.242 e. The summed E-state index contributed by atoms with van der Waals surface area (Å²) in [6, 6.07) is 18.8. The summed E-state index contributed by atoms with van der Waals surface area (Å²) in [7, 11) is 0. The summed E-state index contributed by atoms with van der Waals surface area (Å²) in [4.78, 5) is 15.0. The highest BCUT2D eigenvalue weighted by Gasteiger charge is 2.21. The van der Waals surface area contributed by atoms with E-state index in [0.29, 0.717) is 0 Å². The highest BCUT2D eigenvalue weighted by Crippen LogP contribution is 2.14. The van der Waals surface area contributed by atoms with Crippen LogP contribution < -0.4 is 5.32 Å². The van der Waals surface area contributed by atoms with E-state index in [1.165, 1.54) is 5.56 Å². The van der Waals surface area contributed by atoms with Gasteiger partial charge >= 0.3 is 0 Å². The highest BCUT2D eigenvalue weighted by molar-refractivity contribution is 5.82. The molecule has 1 amide bonds. The van der Waals surface area contributed by atoms with Crippen LogP contribution in [0.1, 0.15) is 18.4 Å². The Labute approximate surface area is 160 Å². The summed E-state index contributed by atoms with van der Waals surface area (Å²) in [6.07, 6.45) is 5.05. The molecule has 1 aliphatic heterocycles. The molecule has 0 unspecified atom stereocenters. The quantitative estimate of drug-likeness (QED) is 0.734. The van der Waals surface area contributed by atoms with E-state index in [1.807, 2.05) is 30.5 Å². The molecule has 0 bridgehead atoms. The Bertz CT molecular complexity index is 889. The summed E-state index contributed by atoms with van der Waals surface area (Å²) in [5.41, 5.74) is 2.37. The first-order valence-electron chi connectivity index (χ1n) is 9.74. The average molecular weight is 362 g/mol. The third-order valence-corrected chi connectivity index (χ3v) is 5.27.